The first kappa shape index (κ1) is 11.4. The normalized spacial score (nSPS) is 11.5. The number of hydrogen-bond donors (Lipinski definition) is 0. The van der Waals surface area contributed by atoms with Crippen molar-refractivity contribution in [3.63, 3.8) is 0 Å². The molecule has 0 N–H and O–H groups in total. The molecule has 2 aromatic rings. The van der Waals surface area contributed by atoms with Crippen LogP contribution in [0.1, 0.15) is 16.1 Å². The highest BCUT2D eigenvalue weighted by Crippen LogP contribution is 2.36. The van der Waals surface area contributed by atoms with Crippen LogP contribution in [0.5, 0.6) is 0 Å². The molecule has 2 heterocycles. The summed E-state index contributed by atoms with van der Waals surface area (Å²) in [5.74, 6) is -0.0653. The van der Waals surface area contributed by atoms with Crippen LogP contribution >= 0.6 is 0 Å². The molecule has 0 amide bonds. The van der Waals surface area contributed by atoms with E-state index in [0.717, 1.165) is 18.5 Å². The molecule has 2 aromatic heterocycles. The summed E-state index contributed by atoms with van der Waals surface area (Å²) in [6, 6.07) is 3.46. The molecule has 0 saturated carbocycles. The molecule has 2 rings (SSSR count). The summed E-state index contributed by atoms with van der Waals surface area (Å²) in [5.41, 5.74) is -1.03. The summed E-state index contributed by atoms with van der Waals surface area (Å²) in [6.45, 7) is 0. The van der Waals surface area contributed by atoms with Gasteiger partial charge in [-0.05, 0) is 18.2 Å². The van der Waals surface area contributed by atoms with Gasteiger partial charge in [0.25, 0.3) is 0 Å². The first-order valence-electron chi connectivity index (χ1n) is 4.59. The predicted octanol–water partition coefficient (Wildman–Crippen LogP) is 3.17. The second kappa shape index (κ2) is 4.04. The van der Waals surface area contributed by atoms with Crippen LogP contribution in [-0.2, 0) is 6.18 Å². The zero-order valence-corrected chi connectivity index (χ0v) is 8.36. The highest BCUT2D eigenvalue weighted by atomic mass is 19.4. The molecule has 0 saturated heterocycles. The minimum atomic E-state index is -4.49. The van der Waals surface area contributed by atoms with E-state index in [1.807, 2.05) is 0 Å². The fourth-order valence-electron chi connectivity index (χ4n) is 1.40. The van der Waals surface area contributed by atoms with Crippen molar-refractivity contribution >= 4 is 6.29 Å². The van der Waals surface area contributed by atoms with Gasteiger partial charge in [0.2, 0.25) is 0 Å². The van der Waals surface area contributed by atoms with Gasteiger partial charge in [0.1, 0.15) is 5.76 Å². The van der Waals surface area contributed by atoms with Gasteiger partial charge in [-0.1, -0.05) is 0 Å². The van der Waals surface area contributed by atoms with Crippen molar-refractivity contribution in [1.82, 2.24) is 4.98 Å². The van der Waals surface area contributed by atoms with Gasteiger partial charge < -0.3 is 4.42 Å². The number of aromatic nitrogens is 1. The lowest BCUT2D eigenvalue weighted by atomic mass is 10.1. The fraction of sp³-hybridized carbons (Fsp3) is 0.0909. The zero-order chi connectivity index (χ0) is 12.5. The molecule has 0 radical (unpaired) electrons. The average molecular weight is 241 g/mol. The van der Waals surface area contributed by atoms with E-state index in [9.17, 15) is 18.0 Å². The summed E-state index contributed by atoms with van der Waals surface area (Å²) in [7, 11) is 0. The molecule has 0 aliphatic rings. The number of rotatable bonds is 2. The number of alkyl halides is 3. The van der Waals surface area contributed by atoms with E-state index in [1.54, 1.807) is 0 Å². The minimum Gasteiger partial charge on any atom is -0.453 e. The number of carbonyl (C=O) groups is 1. The average Bonchev–Trinajstić information content (AvgIpc) is 2.76. The zero-order valence-electron chi connectivity index (χ0n) is 8.36. The van der Waals surface area contributed by atoms with Crippen molar-refractivity contribution in [2.45, 2.75) is 6.18 Å². The molecule has 0 atom stereocenters. The highest BCUT2D eigenvalue weighted by Gasteiger charge is 2.34. The Balaban J connectivity index is 2.55. The monoisotopic (exact) mass is 241 g/mol. The summed E-state index contributed by atoms with van der Waals surface area (Å²) < 4.78 is 43.0. The lowest BCUT2D eigenvalue weighted by Gasteiger charge is -2.09. The van der Waals surface area contributed by atoms with E-state index in [2.05, 4.69) is 4.98 Å². The van der Waals surface area contributed by atoms with Crippen molar-refractivity contribution in [3.05, 3.63) is 41.9 Å². The van der Waals surface area contributed by atoms with E-state index in [4.69, 9.17) is 4.42 Å². The Morgan fingerprint density at radius 2 is 2.00 bits per heavy atom. The molecule has 0 spiro atoms. The fourth-order valence-corrected chi connectivity index (χ4v) is 1.40. The third-order valence-corrected chi connectivity index (χ3v) is 2.13. The first-order valence-corrected chi connectivity index (χ1v) is 4.59. The van der Waals surface area contributed by atoms with Gasteiger partial charge in [0, 0.05) is 18.0 Å². The SMILES string of the molecule is O=Cc1ccc(-c2cnccc2C(F)(F)F)o1. The molecular formula is C11H6F3NO2. The van der Waals surface area contributed by atoms with Crippen LogP contribution in [0.4, 0.5) is 13.2 Å². The van der Waals surface area contributed by atoms with Crippen molar-refractivity contribution < 1.29 is 22.4 Å². The maximum absolute atomic E-state index is 12.7. The Hall–Kier alpha value is -2.11. The van der Waals surface area contributed by atoms with E-state index >= 15 is 0 Å². The van der Waals surface area contributed by atoms with Gasteiger partial charge in [-0.25, -0.2) is 0 Å². The summed E-state index contributed by atoms with van der Waals surface area (Å²) in [6.07, 6.45) is -1.97. The lowest BCUT2D eigenvalue weighted by molar-refractivity contribution is -0.137. The van der Waals surface area contributed by atoms with E-state index < -0.39 is 11.7 Å². The number of carbonyl (C=O) groups excluding carboxylic acids is 1. The third-order valence-electron chi connectivity index (χ3n) is 2.13. The van der Waals surface area contributed by atoms with Crippen LogP contribution < -0.4 is 0 Å². The topological polar surface area (TPSA) is 43.1 Å². The van der Waals surface area contributed by atoms with Crippen LogP contribution in [0.2, 0.25) is 0 Å². The van der Waals surface area contributed by atoms with Crippen molar-refractivity contribution in [1.29, 1.82) is 0 Å². The predicted molar refractivity (Wildman–Crippen MR) is 52.3 cm³/mol. The van der Waals surface area contributed by atoms with Gasteiger partial charge in [0.05, 0.1) is 5.56 Å². The first-order chi connectivity index (χ1) is 8.02. The Bertz CT molecular complexity index is 546. The maximum atomic E-state index is 12.7. The number of aldehydes is 1. The molecule has 6 heteroatoms. The highest BCUT2D eigenvalue weighted by molar-refractivity contribution is 5.73. The molecule has 0 aromatic carbocycles. The Morgan fingerprint density at radius 3 is 2.59 bits per heavy atom. The van der Waals surface area contributed by atoms with E-state index in [1.165, 1.54) is 12.1 Å². The summed E-state index contributed by atoms with van der Waals surface area (Å²) in [5, 5.41) is 0. The van der Waals surface area contributed by atoms with Crippen LogP contribution in [0, 0.1) is 0 Å². The Labute approximate surface area is 93.9 Å². The van der Waals surface area contributed by atoms with Crippen molar-refractivity contribution in [2.75, 3.05) is 0 Å². The second-order valence-corrected chi connectivity index (χ2v) is 3.24. The minimum absolute atomic E-state index is 0.0306. The van der Waals surface area contributed by atoms with Gasteiger partial charge >= 0.3 is 6.18 Å². The Kier molecular flexibility index (Phi) is 2.71. The number of hydrogen-bond acceptors (Lipinski definition) is 3. The van der Waals surface area contributed by atoms with Gasteiger partial charge in [-0.3, -0.25) is 9.78 Å². The van der Waals surface area contributed by atoms with Crippen LogP contribution in [0.25, 0.3) is 11.3 Å². The van der Waals surface area contributed by atoms with Gasteiger partial charge in [-0.15, -0.1) is 0 Å². The molecule has 3 nitrogen and oxygen atoms in total. The number of furan rings is 1. The number of pyridine rings is 1. The lowest BCUT2D eigenvalue weighted by Crippen LogP contribution is -2.07. The number of nitrogens with zero attached hydrogens (tertiary/aromatic N) is 1. The number of halogens is 3. The van der Waals surface area contributed by atoms with E-state index in [-0.39, 0.29) is 17.1 Å². The van der Waals surface area contributed by atoms with Crippen molar-refractivity contribution in [3.8, 4) is 11.3 Å². The Morgan fingerprint density at radius 1 is 1.24 bits per heavy atom. The standard InChI is InChI=1S/C11H6F3NO2/c12-11(13,14)9-3-4-15-5-8(9)10-2-1-7(6-16)17-10/h1-6H. The van der Waals surface area contributed by atoms with Crippen molar-refractivity contribution in [2.24, 2.45) is 0 Å². The molecular weight excluding hydrogens is 235 g/mol. The molecule has 0 bridgehead atoms. The third kappa shape index (κ3) is 2.20. The molecule has 88 valence electrons. The summed E-state index contributed by atoms with van der Waals surface area (Å²) >= 11 is 0. The second-order valence-electron chi connectivity index (χ2n) is 3.24. The smallest absolute Gasteiger partial charge is 0.417 e. The van der Waals surface area contributed by atoms with Crippen LogP contribution in [-0.4, -0.2) is 11.3 Å². The van der Waals surface area contributed by atoms with Crippen LogP contribution in [0.15, 0.2) is 35.0 Å². The molecule has 17 heavy (non-hydrogen) atoms. The van der Waals surface area contributed by atoms with Crippen LogP contribution in [0.3, 0.4) is 0 Å². The largest absolute Gasteiger partial charge is 0.453 e. The van der Waals surface area contributed by atoms with Gasteiger partial charge in [-0.2, -0.15) is 13.2 Å². The molecule has 0 aliphatic heterocycles. The molecule has 0 unspecified atom stereocenters. The van der Waals surface area contributed by atoms with E-state index in [0.29, 0.717) is 6.29 Å². The molecule has 0 aliphatic carbocycles. The summed E-state index contributed by atoms with van der Waals surface area (Å²) in [4.78, 5) is 14.0. The quantitative estimate of drug-likeness (QED) is 0.758. The van der Waals surface area contributed by atoms with Gasteiger partial charge in [0.15, 0.2) is 12.0 Å². The molecule has 0 fully saturated rings. The maximum Gasteiger partial charge on any atom is 0.417 e.